The van der Waals surface area contributed by atoms with Gasteiger partial charge in [-0.15, -0.1) is 0 Å². The number of nitrogens with one attached hydrogen (secondary N) is 1. The minimum absolute atomic E-state index is 0.117. The van der Waals surface area contributed by atoms with Crippen molar-refractivity contribution in [3.8, 4) is 0 Å². The molecule has 0 saturated heterocycles. The van der Waals surface area contributed by atoms with Gasteiger partial charge in [-0.3, -0.25) is 9.48 Å². The minimum atomic E-state index is -1.05. The molecule has 6 nitrogen and oxygen atoms in total. The summed E-state index contributed by atoms with van der Waals surface area (Å²) in [5.41, 5.74) is 2.01. The lowest BCUT2D eigenvalue weighted by Crippen LogP contribution is -2.43. The van der Waals surface area contributed by atoms with E-state index in [0.717, 1.165) is 24.1 Å². The van der Waals surface area contributed by atoms with E-state index in [1.807, 2.05) is 51.1 Å². The fourth-order valence-corrected chi connectivity index (χ4v) is 2.88. The third-order valence-electron chi connectivity index (χ3n) is 4.26. The topological polar surface area (TPSA) is 84.2 Å². The van der Waals surface area contributed by atoms with Crippen molar-refractivity contribution in [2.24, 2.45) is 0 Å². The van der Waals surface area contributed by atoms with Crippen LogP contribution in [0.2, 0.25) is 0 Å². The van der Waals surface area contributed by atoms with Gasteiger partial charge in [-0.2, -0.15) is 5.10 Å². The summed E-state index contributed by atoms with van der Waals surface area (Å²) in [6.07, 6.45) is 1.94. The maximum absolute atomic E-state index is 12.7. The molecule has 0 aliphatic rings. The number of carboxylic acid groups (broad SMARTS) is 1. The first-order valence-electron chi connectivity index (χ1n) is 8.60. The summed E-state index contributed by atoms with van der Waals surface area (Å²) < 4.78 is 1.71. The summed E-state index contributed by atoms with van der Waals surface area (Å²) in [5, 5.41) is 16.5. The smallest absolute Gasteiger partial charge is 0.326 e. The highest BCUT2D eigenvalue weighted by molar-refractivity contribution is 5.95. The monoisotopic (exact) mass is 343 g/mol. The Bertz CT molecular complexity index is 721. The third kappa shape index (κ3) is 4.68. The van der Waals surface area contributed by atoms with E-state index in [1.165, 1.54) is 0 Å². The van der Waals surface area contributed by atoms with E-state index in [0.29, 0.717) is 5.69 Å². The van der Waals surface area contributed by atoms with Gasteiger partial charge in [-0.25, -0.2) is 4.79 Å². The fraction of sp³-hybridized carbons (Fsp3) is 0.421. The number of carbonyl (C=O) groups is 2. The van der Waals surface area contributed by atoms with Crippen LogP contribution in [0.25, 0.3) is 0 Å². The summed E-state index contributed by atoms with van der Waals surface area (Å²) in [6.45, 7) is 5.92. The van der Waals surface area contributed by atoms with Crippen molar-refractivity contribution in [2.45, 2.75) is 52.1 Å². The molecule has 0 unspecified atom stereocenters. The van der Waals surface area contributed by atoms with Gasteiger partial charge in [0.2, 0.25) is 0 Å². The summed E-state index contributed by atoms with van der Waals surface area (Å²) in [4.78, 5) is 24.3. The van der Waals surface area contributed by atoms with Gasteiger partial charge in [0.15, 0.2) is 0 Å². The molecular formula is C19H25N3O3. The van der Waals surface area contributed by atoms with Crippen LogP contribution < -0.4 is 5.32 Å². The fourth-order valence-electron chi connectivity index (χ4n) is 2.88. The van der Waals surface area contributed by atoms with Crippen molar-refractivity contribution in [2.75, 3.05) is 0 Å². The quantitative estimate of drug-likeness (QED) is 0.772. The van der Waals surface area contributed by atoms with Gasteiger partial charge in [0.05, 0.1) is 11.7 Å². The molecule has 2 aromatic rings. The largest absolute Gasteiger partial charge is 0.480 e. The maximum Gasteiger partial charge on any atom is 0.326 e. The van der Waals surface area contributed by atoms with Crippen molar-refractivity contribution in [1.29, 1.82) is 0 Å². The van der Waals surface area contributed by atoms with Gasteiger partial charge >= 0.3 is 5.97 Å². The second-order valence-corrected chi connectivity index (χ2v) is 6.14. The number of aromatic nitrogens is 2. The van der Waals surface area contributed by atoms with Gasteiger partial charge in [-0.1, -0.05) is 44.2 Å². The van der Waals surface area contributed by atoms with Crippen LogP contribution in [0.5, 0.6) is 0 Å². The predicted octanol–water partition coefficient (Wildman–Crippen LogP) is 2.98. The molecule has 134 valence electrons. The molecule has 1 atom stereocenters. The summed E-state index contributed by atoms with van der Waals surface area (Å²) in [5.74, 6) is -1.46. The van der Waals surface area contributed by atoms with E-state index >= 15 is 0 Å². The highest BCUT2D eigenvalue weighted by Gasteiger charge is 2.25. The molecule has 1 aromatic carbocycles. The number of hydrogen-bond donors (Lipinski definition) is 2. The average molecular weight is 343 g/mol. The Morgan fingerprint density at radius 3 is 2.40 bits per heavy atom. The van der Waals surface area contributed by atoms with E-state index in [9.17, 15) is 14.7 Å². The van der Waals surface area contributed by atoms with Crippen LogP contribution in [-0.4, -0.2) is 32.8 Å². The Labute approximate surface area is 147 Å². The Hall–Kier alpha value is -2.63. The molecule has 0 bridgehead atoms. The van der Waals surface area contributed by atoms with E-state index in [4.69, 9.17) is 0 Å². The van der Waals surface area contributed by atoms with Crippen LogP contribution in [0.15, 0.2) is 36.4 Å². The molecule has 0 fully saturated rings. The lowest BCUT2D eigenvalue weighted by molar-refractivity contribution is -0.139. The second-order valence-electron chi connectivity index (χ2n) is 6.14. The van der Waals surface area contributed by atoms with Crippen molar-refractivity contribution in [1.82, 2.24) is 15.1 Å². The van der Waals surface area contributed by atoms with Crippen LogP contribution in [0.1, 0.15) is 54.5 Å². The number of aryl methyl sites for hydroxylation is 1. The number of aliphatic carboxylic acids is 1. The molecule has 2 N–H and O–H groups in total. The van der Waals surface area contributed by atoms with Crippen LogP contribution in [-0.2, 0) is 11.2 Å². The summed E-state index contributed by atoms with van der Waals surface area (Å²) in [7, 11) is 0. The Morgan fingerprint density at radius 2 is 1.84 bits per heavy atom. The van der Waals surface area contributed by atoms with Gasteiger partial charge < -0.3 is 10.4 Å². The molecule has 2 rings (SSSR count). The van der Waals surface area contributed by atoms with Crippen LogP contribution in [0.4, 0.5) is 0 Å². The lowest BCUT2D eigenvalue weighted by Gasteiger charge is -2.18. The van der Waals surface area contributed by atoms with E-state index in [1.54, 1.807) is 10.7 Å². The highest BCUT2D eigenvalue weighted by Crippen LogP contribution is 2.18. The minimum Gasteiger partial charge on any atom is -0.480 e. The molecule has 0 aliphatic carbocycles. The number of carbonyl (C=O) groups excluding carboxylic acids is 1. The van der Waals surface area contributed by atoms with Crippen molar-refractivity contribution < 1.29 is 14.7 Å². The molecular weight excluding hydrogens is 318 g/mol. The number of carboxylic acids is 1. The Morgan fingerprint density at radius 1 is 1.20 bits per heavy atom. The zero-order valence-electron chi connectivity index (χ0n) is 14.9. The summed E-state index contributed by atoms with van der Waals surface area (Å²) >= 11 is 0. The zero-order valence-corrected chi connectivity index (χ0v) is 14.9. The predicted molar refractivity (Wildman–Crippen MR) is 95.6 cm³/mol. The number of amides is 1. The van der Waals surface area contributed by atoms with Crippen LogP contribution >= 0.6 is 0 Å². The first kappa shape index (κ1) is 18.7. The normalized spacial score (nSPS) is 12.2. The molecule has 0 radical (unpaired) electrons. The molecule has 0 aliphatic heterocycles. The van der Waals surface area contributed by atoms with E-state index in [-0.39, 0.29) is 12.5 Å². The van der Waals surface area contributed by atoms with Gasteiger partial charge in [0.1, 0.15) is 11.7 Å². The van der Waals surface area contributed by atoms with Gasteiger partial charge in [0, 0.05) is 6.42 Å². The Kier molecular flexibility index (Phi) is 6.33. The molecule has 0 spiro atoms. The number of hydrogen-bond acceptors (Lipinski definition) is 3. The van der Waals surface area contributed by atoms with Crippen molar-refractivity contribution in [3.05, 3.63) is 53.3 Å². The van der Waals surface area contributed by atoms with Crippen molar-refractivity contribution >= 4 is 11.9 Å². The first-order valence-corrected chi connectivity index (χ1v) is 8.60. The highest BCUT2D eigenvalue weighted by atomic mass is 16.4. The first-order chi connectivity index (χ1) is 12.0. The van der Waals surface area contributed by atoms with Gasteiger partial charge in [0.25, 0.3) is 5.91 Å². The average Bonchev–Trinajstić information content (AvgIpc) is 2.98. The molecule has 0 saturated carbocycles. The number of benzene rings is 1. The molecule has 25 heavy (non-hydrogen) atoms. The lowest BCUT2D eigenvalue weighted by atomic mass is 10.1. The molecule has 1 heterocycles. The zero-order chi connectivity index (χ0) is 18.4. The summed E-state index contributed by atoms with van der Waals surface area (Å²) in [6, 6.07) is 10.1. The Balaban J connectivity index is 2.20. The number of rotatable bonds is 8. The number of nitrogens with zero attached hydrogens (tertiary/aromatic N) is 2. The second kappa shape index (κ2) is 8.46. The SMILES string of the molecule is CCC(CC)n1nc(C)cc1C(=O)N[C@H](Cc1ccccc1)C(=O)O. The third-order valence-corrected chi connectivity index (χ3v) is 4.26. The van der Waals surface area contributed by atoms with Gasteiger partial charge in [-0.05, 0) is 31.4 Å². The molecule has 1 amide bonds. The van der Waals surface area contributed by atoms with E-state index in [2.05, 4.69) is 10.4 Å². The molecule has 1 aromatic heterocycles. The molecule has 6 heteroatoms. The van der Waals surface area contributed by atoms with E-state index < -0.39 is 17.9 Å². The van der Waals surface area contributed by atoms with Crippen molar-refractivity contribution in [3.63, 3.8) is 0 Å². The van der Waals surface area contributed by atoms with Crippen LogP contribution in [0, 0.1) is 6.92 Å². The maximum atomic E-state index is 12.7. The van der Waals surface area contributed by atoms with Crippen LogP contribution in [0.3, 0.4) is 0 Å². The standard InChI is InChI=1S/C19H25N3O3/c1-4-15(5-2)22-17(11-13(3)21-22)18(23)20-16(19(24)25)12-14-9-7-6-8-10-14/h6-11,15-16H,4-5,12H2,1-3H3,(H,20,23)(H,24,25)/t16-/m1/s1.